The third-order valence-electron chi connectivity index (χ3n) is 2.51. The van der Waals surface area contributed by atoms with Crippen molar-refractivity contribution < 1.29 is 27.8 Å². The summed E-state index contributed by atoms with van der Waals surface area (Å²) in [6.45, 7) is -0.300. The minimum atomic E-state index is -4.65. The molecule has 1 rings (SSSR count). The Balaban J connectivity index is 3.47. The van der Waals surface area contributed by atoms with Crippen LogP contribution in [0.3, 0.4) is 0 Å². The first kappa shape index (κ1) is 15.8. The van der Waals surface area contributed by atoms with Crippen molar-refractivity contribution in [2.24, 2.45) is 5.73 Å². The van der Waals surface area contributed by atoms with Crippen molar-refractivity contribution in [2.75, 3.05) is 13.7 Å². The van der Waals surface area contributed by atoms with E-state index in [1.807, 2.05) is 0 Å². The summed E-state index contributed by atoms with van der Waals surface area (Å²) in [5, 5.41) is 8.93. The lowest BCUT2D eigenvalue weighted by molar-refractivity contribution is -0.140. The van der Waals surface area contributed by atoms with Crippen LogP contribution in [-0.2, 0) is 11.0 Å². The zero-order valence-corrected chi connectivity index (χ0v) is 11.4. The second kappa shape index (κ2) is 5.79. The maximum atomic E-state index is 12.9. The number of hydrogen-bond donors (Lipinski definition) is 2. The maximum absolute atomic E-state index is 12.9. The van der Waals surface area contributed by atoms with Gasteiger partial charge in [0.15, 0.2) is 0 Å². The van der Waals surface area contributed by atoms with Crippen LogP contribution >= 0.6 is 15.9 Å². The summed E-state index contributed by atoms with van der Waals surface area (Å²) in [5.74, 6) is -2.88. The molecule has 0 heterocycles. The van der Waals surface area contributed by atoms with Gasteiger partial charge in [-0.3, -0.25) is 4.79 Å². The van der Waals surface area contributed by atoms with Gasteiger partial charge in [-0.2, -0.15) is 13.2 Å². The van der Waals surface area contributed by atoms with Gasteiger partial charge < -0.3 is 15.6 Å². The topological polar surface area (TPSA) is 72.5 Å². The van der Waals surface area contributed by atoms with Gasteiger partial charge in [0.25, 0.3) is 0 Å². The minimum Gasteiger partial charge on any atom is -0.495 e. The molecule has 0 spiro atoms. The van der Waals surface area contributed by atoms with E-state index in [1.54, 1.807) is 0 Å². The molecule has 4 nitrogen and oxygen atoms in total. The van der Waals surface area contributed by atoms with Crippen molar-refractivity contribution in [3.05, 3.63) is 27.7 Å². The average molecular weight is 342 g/mol. The molecule has 0 amide bonds. The Bertz CT molecular complexity index is 491. The Hall–Kier alpha value is -1.28. The maximum Gasteiger partial charge on any atom is 0.420 e. The molecule has 1 unspecified atom stereocenters. The highest BCUT2D eigenvalue weighted by molar-refractivity contribution is 9.10. The van der Waals surface area contributed by atoms with Gasteiger partial charge in [-0.15, -0.1) is 0 Å². The number of nitrogens with two attached hydrogens (primary N) is 1. The van der Waals surface area contributed by atoms with Crippen LogP contribution in [0, 0.1) is 0 Å². The second-order valence-electron chi connectivity index (χ2n) is 3.71. The Labute approximate surface area is 115 Å². The summed E-state index contributed by atoms with van der Waals surface area (Å²) in [5.41, 5.74) is 4.20. The van der Waals surface area contributed by atoms with Crippen LogP contribution in [0.5, 0.6) is 5.75 Å². The number of rotatable bonds is 4. The van der Waals surface area contributed by atoms with Crippen LogP contribution < -0.4 is 10.5 Å². The standard InChI is InChI=1S/C11H11BrF3NO3/c1-19-9-7(11(13,14)15)2-5(3-8(9)12)6(4-16)10(17)18/h2-3,6H,4,16H2,1H3,(H,17,18). The number of carboxylic acid groups (broad SMARTS) is 1. The molecular weight excluding hydrogens is 331 g/mol. The number of benzene rings is 1. The van der Waals surface area contributed by atoms with E-state index in [0.29, 0.717) is 0 Å². The van der Waals surface area contributed by atoms with Gasteiger partial charge in [-0.25, -0.2) is 0 Å². The van der Waals surface area contributed by atoms with E-state index in [0.717, 1.165) is 13.2 Å². The first-order valence-electron chi connectivity index (χ1n) is 5.09. The molecule has 1 atom stereocenters. The number of alkyl halides is 3. The largest absolute Gasteiger partial charge is 0.495 e. The number of carboxylic acids is 1. The van der Waals surface area contributed by atoms with Crippen molar-refractivity contribution >= 4 is 21.9 Å². The molecule has 0 aliphatic heterocycles. The number of carbonyl (C=O) groups is 1. The van der Waals surface area contributed by atoms with Crippen molar-refractivity contribution in [1.29, 1.82) is 0 Å². The molecule has 0 fully saturated rings. The van der Waals surface area contributed by atoms with E-state index in [9.17, 15) is 18.0 Å². The molecule has 8 heteroatoms. The molecule has 3 N–H and O–H groups in total. The van der Waals surface area contributed by atoms with Crippen LogP contribution in [0.25, 0.3) is 0 Å². The smallest absolute Gasteiger partial charge is 0.420 e. The molecule has 106 valence electrons. The van der Waals surface area contributed by atoms with Gasteiger partial charge in [0, 0.05) is 6.54 Å². The van der Waals surface area contributed by atoms with Crippen molar-refractivity contribution in [3.8, 4) is 5.75 Å². The quantitative estimate of drug-likeness (QED) is 0.882. The van der Waals surface area contributed by atoms with E-state index in [-0.39, 0.29) is 16.6 Å². The zero-order valence-electron chi connectivity index (χ0n) is 9.79. The zero-order chi connectivity index (χ0) is 14.8. The SMILES string of the molecule is COc1c(Br)cc(C(CN)C(=O)O)cc1C(F)(F)F. The fraction of sp³-hybridized carbons (Fsp3) is 0.364. The Morgan fingerprint density at radius 3 is 2.47 bits per heavy atom. The molecular formula is C11H11BrF3NO3. The number of halogens is 4. The molecule has 0 radical (unpaired) electrons. The molecule has 0 aromatic heterocycles. The van der Waals surface area contributed by atoms with Crippen LogP contribution in [0.1, 0.15) is 17.0 Å². The summed E-state index contributed by atoms with van der Waals surface area (Å²) in [7, 11) is 1.10. The average Bonchev–Trinajstić information content (AvgIpc) is 2.27. The Morgan fingerprint density at radius 1 is 1.53 bits per heavy atom. The van der Waals surface area contributed by atoms with E-state index in [2.05, 4.69) is 20.7 Å². The lowest BCUT2D eigenvalue weighted by Gasteiger charge is -2.17. The number of methoxy groups -OCH3 is 1. The van der Waals surface area contributed by atoms with Gasteiger partial charge in [0.05, 0.1) is 23.1 Å². The minimum absolute atomic E-state index is 0.0273. The van der Waals surface area contributed by atoms with Gasteiger partial charge in [-0.1, -0.05) is 0 Å². The predicted molar refractivity (Wildman–Crippen MR) is 65.1 cm³/mol. The number of hydrogen-bond acceptors (Lipinski definition) is 3. The highest BCUT2D eigenvalue weighted by atomic mass is 79.9. The molecule has 0 aliphatic rings. The first-order chi connectivity index (χ1) is 8.72. The van der Waals surface area contributed by atoms with Gasteiger partial charge in [0.2, 0.25) is 0 Å². The first-order valence-corrected chi connectivity index (χ1v) is 5.89. The third kappa shape index (κ3) is 3.38. The molecule has 0 saturated heterocycles. The summed E-state index contributed by atoms with van der Waals surface area (Å²) in [6, 6.07) is 2.01. The Morgan fingerprint density at radius 2 is 2.11 bits per heavy atom. The monoisotopic (exact) mass is 341 g/mol. The molecule has 19 heavy (non-hydrogen) atoms. The van der Waals surface area contributed by atoms with Crippen LogP contribution in [-0.4, -0.2) is 24.7 Å². The molecule has 0 saturated carbocycles. The predicted octanol–water partition coefficient (Wildman–Crippen LogP) is 2.60. The van der Waals surface area contributed by atoms with E-state index >= 15 is 0 Å². The molecule has 1 aromatic carbocycles. The Kier molecular flexibility index (Phi) is 4.81. The summed E-state index contributed by atoms with van der Waals surface area (Å²) >= 11 is 2.94. The van der Waals surface area contributed by atoms with E-state index in [1.165, 1.54) is 6.07 Å². The third-order valence-corrected chi connectivity index (χ3v) is 3.10. The summed E-state index contributed by atoms with van der Waals surface area (Å²) in [6.07, 6.45) is -4.65. The van der Waals surface area contributed by atoms with Crippen LogP contribution in [0.2, 0.25) is 0 Å². The van der Waals surface area contributed by atoms with Crippen molar-refractivity contribution in [1.82, 2.24) is 0 Å². The van der Waals surface area contributed by atoms with Crippen molar-refractivity contribution in [2.45, 2.75) is 12.1 Å². The summed E-state index contributed by atoms with van der Waals surface area (Å²) in [4.78, 5) is 10.9. The van der Waals surface area contributed by atoms with E-state index < -0.39 is 29.4 Å². The fourth-order valence-electron chi connectivity index (χ4n) is 1.61. The van der Waals surface area contributed by atoms with Gasteiger partial charge in [0.1, 0.15) is 5.75 Å². The molecule has 1 aromatic rings. The lowest BCUT2D eigenvalue weighted by Crippen LogP contribution is -2.22. The normalized spacial score (nSPS) is 13.2. The summed E-state index contributed by atoms with van der Waals surface area (Å²) < 4.78 is 43.4. The molecule has 0 aliphatic carbocycles. The fourth-order valence-corrected chi connectivity index (χ4v) is 2.25. The van der Waals surface area contributed by atoms with Crippen molar-refractivity contribution in [3.63, 3.8) is 0 Å². The highest BCUT2D eigenvalue weighted by Crippen LogP contribution is 2.42. The van der Waals surface area contributed by atoms with Crippen LogP contribution in [0.15, 0.2) is 16.6 Å². The lowest BCUT2D eigenvalue weighted by atomic mass is 9.97. The second-order valence-corrected chi connectivity index (χ2v) is 4.56. The number of aliphatic carboxylic acids is 1. The highest BCUT2D eigenvalue weighted by Gasteiger charge is 2.36. The van der Waals surface area contributed by atoms with Crippen LogP contribution in [0.4, 0.5) is 13.2 Å². The van der Waals surface area contributed by atoms with Gasteiger partial charge in [-0.05, 0) is 33.6 Å². The molecule has 0 bridgehead atoms. The number of ether oxygens (including phenoxy) is 1. The van der Waals surface area contributed by atoms with E-state index in [4.69, 9.17) is 10.8 Å². The van der Waals surface area contributed by atoms with Gasteiger partial charge >= 0.3 is 12.1 Å².